The van der Waals surface area contributed by atoms with Crippen LogP contribution in [0.15, 0.2) is 60.7 Å². The molecule has 2 aromatic carbocycles. The monoisotopic (exact) mass is 556 g/mol. The van der Waals surface area contributed by atoms with Crippen LogP contribution >= 0.6 is 0 Å². The number of rotatable bonds is 21. The van der Waals surface area contributed by atoms with E-state index < -0.39 is 14.3 Å². The molecule has 218 valence electrons. The molecule has 1 N–H and O–H groups in total. The lowest BCUT2D eigenvalue weighted by Crippen LogP contribution is -2.68. The molecule has 0 aromatic heterocycles. The van der Waals surface area contributed by atoms with Crippen LogP contribution in [0.5, 0.6) is 0 Å². The van der Waals surface area contributed by atoms with Gasteiger partial charge in [-0.2, -0.15) is 0 Å². The summed E-state index contributed by atoms with van der Waals surface area (Å²) in [7, 11) is -2.72. The maximum Gasteiger partial charge on any atom is 0.303 e. The zero-order valence-corrected chi connectivity index (χ0v) is 25.8. The average molecular weight is 557 g/mol. The zero-order chi connectivity index (χ0) is 28.4. The van der Waals surface area contributed by atoms with Crippen LogP contribution in [0.1, 0.15) is 91.9 Å². The molecule has 2 rings (SSSR count). The van der Waals surface area contributed by atoms with E-state index in [0.717, 1.165) is 25.9 Å². The number of unbranched alkanes of at least 4 members (excludes halogenated alkanes) is 7. The lowest BCUT2D eigenvalue weighted by molar-refractivity contribution is -0.137. The number of hydrogen-bond acceptors (Lipinski definition) is 4. The van der Waals surface area contributed by atoms with Crippen LogP contribution in [0.25, 0.3) is 0 Å². The van der Waals surface area contributed by atoms with Crippen molar-refractivity contribution < 1.29 is 23.8 Å². The molecule has 0 fully saturated rings. The third kappa shape index (κ3) is 11.6. The van der Waals surface area contributed by atoms with Crippen LogP contribution < -0.4 is 10.4 Å². The van der Waals surface area contributed by atoms with Gasteiger partial charge in [0.1, 0.15) is 0 Å². The summed E-state index contributed by atoms with van der Waals surface area (Å²) in [6.07, 6.45) is 9.80. The fraction of sp³-hybridized carbons (Fsp3) is 0.606. The van der Waals surface area contributed by atoms with E-state index in [0.29, 0.717) is 26.2 Å². The predicted octanol–water partition coefficient (Wildman–Crippen LogP) is 6.97. The summed E-state index contributed by atoms with van der Waals surface area (Å²) in [6, 6.07) is 21.4. The van der Waals surface area contributed by atoms with Gasteiger partial charge >= 0.3 is 5.97 Å². The van der Waals surface area contributed by atoms with Gasteiger partial charge in [-0.1, -0.05) is 127 Å². The zero-order valence-electron chi connectivity index (χ0n) is 24.8. The van der Waals surface area contributed by atoms with Crippen molar-refractivity contribution in [3.8, 4) is 0 Å². The summed E-state index contributed by atoms with van der Waals surface area (Å²) in [4.78, 5) is 10.8. The Morgan fingerprint density at radius 2 is 1.21 bits per heavy atom. The Hall–Kier alpha value is -1.99. The molecule has 2 aromatic rings. The van der Waals surface area contributed by atoms with E-state index in [1.54, 1.807) is 0 Å². The van der Waals surface area contributed by atoms with E-state index in [1.165, 1.54) is 42.5 Å². The van der Waals surface area contributed by atoms with Crippen molar-refractivity contribution in [3.05, 3.63) is 60.7 Å². The topological polar surface area (TPSA) is 65.0 Å². The second-order valence-electron chi connectivity index (χ2n) is 11.5. The highest BCUT2D eigenvalue weighted by molar-refractivity contribution is 6.99. The minimum atomic E-state index is -2.72. The van der Waals surface area contributed by atoms with E-state index in [4.69, 9.17) is 19.0 Å². The van der Waals surface area contributed by atoms with Crippen LogP contribution in [0.3, 0.4) is 0 Å². The molecule has 0 radical (unpaired) electrons. The summed E-state index contributed by atoms with van der Waals surface area (Å²) in [5, 5.41) is 11.2. The molecule has 0 aliphatic carbocycles. The van der Waals surface area contributed by atoms with Crippen molar-refractivity contribution in [2.45, 2.75) is 103 Å². The first-order valence-corrected chi connectivity index (χ1v) is 16.9. The SMILES string of the molecule is CCCCCCCCOCC(COCCCCCC(=O)O)O[Si](c1ccccc1)(c1ccccc1)C(C)(C)C. The van der Waals surface area contributed by atoms with Crippen molar-refractivity contribution in [2.24, 2.45) is 0 Å². The van der Waals surface area contributed by atoms with E-state index in [1.807, 2.05) is 0 Å². The molecular weight excluding hydrogens is 504 g/mol. The highest BCUT2D eigenvalue weighted by atomic mass is 28.4. The van der Waals surface area contributed by atoms with Crippen LogP contribution in [0.2, 0.25) is 5.04 Å². The molecule has 0 saturated carbocycles. The third-order valence-corrected chi connectivity index (χ3v) is 12.3. The largest absolute Gasteiger partial charge is 0.481 e. The number of carboxylic acids is 1. The summed E-state index contributed by atoms with van der Waals surface area (Å²) < 4.78 is 19.6. The van der Waals surface area contributed by atoms with Gasteiger partial charge in [0, 0.05) is 19.6 Å². The van der Waals surface area contributed by atoms with Crippen molar-refractivity contribution in [2.75, 3.05) is 26.4 Å². The van der Waals surface area contributed by atoms with Crippen LogP contribution in [0, 0.1) is 0 Å². The number of ether oxygens (including phenoxy) is 2. The van der Waals surface area contributed by atoms with Gasteiger partial charge in [-0.25, -0.2) is 0 Å². The van der Waals surface area contributed by atoms with E-state index in [-0.39, 0.29) is 17.6 Å². The lowest BCUT2D eigenvalue weighted by Gasteiger charge is -2.45. The molecule has 0 saturated heterocycles. The predicted molar refractivity (Wildman–Crippen MR) is 164 cm³/mol. The first-order valence-electron chi connectivity index (χ1n) is 15.0. The second kappa shape index (κ2) is 18.4. The summed E-state index contributed by atoms with van der Waals surface area (Å²) in [5.74, 6) is -0.739. The molecule has 0 aliphatic rings. The minimum Gasteiger partial charge on any atom is -0.481 e. The molecule has 0 amide bonds. The lowest BCUT2D eigenvalue weighted by atomic mass is 10.1. The van der Waals surface area contributed by atoms with E-state index >= 15 is 0 Å². The summed E-state index contributed by atoms with van der Waals surface area (Å²) >= 11 is 0. The smallest absolute Gasteiger partial charge is 0.303 e. The molecular formula is C33H52O5Si. The molecule has 0 spiro atoms. The molecule has 0 aliphatic heterocycles. The van der Waals surface area contributed by atoms with Crippen molar-refractivity contribution in [1.82, 2.24) is 0 Å². The van der Waals surface area contributed by atoms with Crippen LogP contribution in [-0.2, 0) is 18.7 Å². The Morgan fingerprint density at radius 3 is 1.67 bits per heavy atom. The maximum atomic E-state index is 10.8. The van der Waals surface area contributed by atoms with Crippen LogP contribution in [-0.4, -0.2) is 51.9 Å². The Labute approximate surface area is 238 Å². The Bertz CT molecular complexity index is 858. The molecule has 1 atom stereocenters. The molecule has 5 nitrogen and oxygen atoms in total. The highest BCUT2D eigenvalue weighted by Crippen LogP contribution is 2.37. The van der Waals surface area contributed by atoms with Gasteiger partial charge in [0.15, 0.2) is 0 Å². The number of benzene rings is 2. The van der Waals surface area contributed by atoms with Gasteiger partial charge in [-0.15, -0.1) is 0 Å². The third-order valence-electron chi connectivity index (χ3n) is 7.19. The normalized spacial score (nSPS) is 12.9. The van der Waals surface area contributed by atoms with Crippen molar-refractivity contribution >= 4 is 24.7 Å². The fourth-order valence-electron chi connectivity index (χ4n) is 5.13. The first kappa shape index (κ1) is 33.2. The Balaban J connectivity index is 2.16. The molecule has 0 bridgehead atoms. The number of carboxylic acid groups (broad SMARTS) is 1. The molecule has 39 heavy (non-hydrogen) atoms. The van der Waals surface area contributed by atoms with Crippen molar-refractivity contribution in [3.63, 3.8) is 0 Å². The summed E-state index contributed by atoms with van der Waals surface area (Å²) in [5.41, 5.74) is 0. The Kier molecular flexibility index (Phi) is 15.6. The Morgan fingerprint density at radius 1 is 0.744 bits per heavy atom. The minimum absolute atomic E-state index is 0.121. The fourth-order valence-corrected chi connectivity index (χ4v) is 9.78. The number of aliphatic carboxylic acids is 1. The quantitative estimate of drug-likeness (QED) is 0.133. The van der Waals surface area contributed by atoms with Gasteiger partial charge in [0.05, 0.1) is 19.3 Å². The summed E-state index contributed by atoms with van der Waals surface area (Å²) in [6.45, 7) is 11.4. The first-order chi connectivity index (χ1) is 18.8. The van der Waals surface area contributed by atoms with E-state index in [9.17, 15) is 4.79 Å². The van der Waals surface area contributed by atoms with Gasteiger partial charge in [0.2, 0.25) is 0 Å². The second-order valence-corrected chi connectivity index (χ2v) is 15.8. The van der Waals surface area contributed by atoms with E-state index in [2.05, 4.69) is 88.4 Å². The van der Waals surface area contributed by atoms with Gasteiger partial charge in [-0.05, 0) is 34.7 Å². The highest BCUT2D eigenvalue weighted by Gasteiger charge is 2.51. The number of hydrogen-bond donors (Lipinski definition) is 1. The van der Waals surface area contributed by atoms with Gasteiger partial charge < -0.3 is 19.0 Å². The maximum absolute atomic E-state index is 10.8. The van der Waals surface area contributed by atoms with Gasteiger partial charge in [-0.3, -0.25) is 4.79 Å². The molecule has 6 heteroatoms. The average Bonchev–Trinajstić information content (AvgIpc) is 2.92. The van der Waals surface area contributed by atoms with Crippen LogP contribution in [0.4, 0.5) is 0 Å². The molecule has 1 unspecified atom stereocenters. The van der Waals surface area contributed by atoms with Gasteiger partial charge in [0.25, 0.3) is 8.32 Å². The van der Waals surface area contributed by atoms with Crippen molar-refractivity contribution in [1.29, 1.82) is 0 Å². The standard InChI is InChI=1S/C33H52O5Si/c1-5-6-7-8-9-18-25-36-27-29(28-37-26-19-12-17-24-32(34)35)38-39(33(2,3)4,30-20-13-10-14-21-30)31-22-15-11-16-23-31/h10-11,13-16,20-23,29H,5-9,12,17-19,24-28H2,1-4H3,(H,34,35). The number of carbonyl (C=O) groups is 1. The molecule has 0 heterocycles.